The molecule has 12 heteroatoms. The minimum absolute atomic E-state index is 0.0349. The van der Waals surface area contributed by atoms with E-state index in [-0.39, 0.29) is 46.3 Å². The Morgan fingerprint density at radius 2 is 1.94 bits per heavy atom. The van der Waals surface area contributed by atoms with E-state index in [2.05, 4.69) is 20.1 Å². The summed E-state index contributed by atoms with van der Waals surface area (Å²) in [6.45, 7) is 0.150. The summed E-state index contributed by atoms with van der Waals surface area (Å²) in [5, 5.41) is 13.6. The molecule has 1 amide bonds. The molecule has 0 aliphatic rings. The molecule has 0 saturated carbocycles. The van der Waals surface area contributed by atoms with Gasteiger partial charge in [0.2, 0.25) is 0 Å². The van der Waals surface area contributed by atoms with Crippen LogP contribution < -0.4 is 16.4 Å². The molecule has 0 unspecified atom stereocenters. The van der Waals surface area contributed by atoms with Crippen molar-refractivity contribution < 1.29 is 18.7 Å². The van der Waals surface area contributed by atoms with Gasteiger partial charge in [0.15, 0.2) is 23.3 Å². The van der Waals surface area contributed by atoms with Crippen LogP contribution in [0.2, 0.25) is 0 Å². The Morgan fingerprint density at radius 3 is 2.55 bits per heavy atom. The lowest BCUT2D eigenvalue weighted by molar-refractivity contribution is 0.203. The fourth-order valence-corrected chi connectivity index (χ4v) is 3.21. The van der Waals surface area contributed by atoms with Crippen molar-refractivity contribution in [2.24, 2.45) is 0 Å². The van der Waals surface area contributed by atoms with Gasteiger partial charge in [0, 0.05) is 30.9 Å². The maximum atomic E-state index is 14.7. The molecule has 4 aromatic rings. The number of fused-ring (bicyclic) bond motifs is 1. The fraction of sp³-hybridized carbons (Fsp3) is 0.105. The van der Waals surface area contributed by atoms with Crippen LogP contribution in [0.5, 0.6) is 0 Å². The third-order valence-electron chi connectivity index (χ3n) is 4.59. The molecule has 10 nitrogen and oxygen atoms in total. The number of benzene rings is 1. The Kier molecular flexibility index (Phi) is 4.81. The Labute approximate surface area is 173 Å². The van der Waals surface area contributed by atoms with Gasteiger partial charge < -0.3 is 16.6 Å². The number of amides is 1. The zero-order valence-corrected chi connectivity index (χ0v) is 16.1. The minimum atomic E-state index is -1.31. The second-order valence-corrected chi connectivity index (χ2v) is 6.66. The molecule has 0 aliphatic carbocycles. The van der Waals surface area contributed by atoms with Crippen LogP contribution in [-0.4, -0.2) is 43.0 Å². The molecule has 1 aromatic carbocycles. The molecule has 3 aromatic heterocycles. The third-order valence-corrected chi connectivity index (χ3v) is 4.59. The van der Waals surface area contributed by atoms with Crippen LogP contribution in [0.3, 0.4) is 0 Å². The first kappa shape index (κ1) is 19.9. The Morgan fingerprint density at radius 1 is 1.23 bits per heavy atom. The van der Waals surface area contributed by atoms with Gasteiger partial charge >= 0.3 is 6.09 Å². The summed E-state index contributed by atoms with van der Waals surface area (Å²) in [7, 11) is 1.23. The SMILES string of the molecule is CN(C(=O)O)c1c(N)nc(-c2nn(Cc3cccnc3)c3c(F)cc(F)cc23)nc1N. The van der Waals surface area contributed by atoms with Crippen molar-refractivity contribution in [2.75, 3.05) is 23.4 Å². The van der Waals surface area contributed by atoms with Crippen LogP contribution >= 0.6 is 0 Å². The lowest BCUT2D eigenvalue weighted by Crippen LogP contribution is -2.26. The number of pyridine rings is 1. The van der Waals surface area contributed by atoms with Crippen molar-refractivity contribution in [3.05, 3.63) is 53.9 Å². The summed E-state index contributed by atoms with van der Waals surface area (Å²) in [6, 6.07) is 5.36. The number of hydrogen-bond acceptors (Lipinski definition) is 7. The normalized spacial score (nSPS) is 11.1. The van der Waals surface area contributed by atoms with Gasteiger partial charge in [0.25, 0.3) is 0 Å². The second-order valence-electron chi connectivity index (χ2n) is 6.66. The Bertz CT molecular complexity index is 1290. The van der Waals surface area contributed by atoms with Gasteiger partial charge in [-0.05, 0) is 17.7 Å². The Balaban J connectivity index is 1.91. The molecule has 4 rings (SSSR count). The zero-order chi connectivity index (χ0) is 22.3. The van der Waals surface area contributed by atoms with Gasteiger partial charge in [0.05, 0.1) is 6.54 Å². The Hall–Kier alpha value is -4.35. The lowest BCUT2D eigenvalue weighted by atomic mass is 10.2. The highest BCUT2D eigenvalue weighted by molar-refractivity contribution is 5.96. The maximum Gasteiger partial charge on any atom is 0.411 e. The second kappa shape index (κ2) is 7.48. The zero-order valence-electron chi connectivity index (χ0n) is 16.1. The first-order chi connectivity index (χ1) is 14.8. The number of carboxylic acid groups (broad SMARTS) is 1. The van der Waals surface area contributed by atoms with E-state index in [1.54, 1.807) is 24.5 Å². The molecule has 3 heterocycles. The van der Waals surface area contributed by atoms with Crippen molar-refractivity contribution in [3.8, 4) is 11.5 Å². The van der Waals surface area contributed by atoms with Crippen molar-refractivity contribution in [1.29, 1.82) is 0 Å². The van der Waals surface area contributed by atoms with Crippen LogP contribution in [0, 0.1) is 11.6 Å². The molecular weight excluding hydrogens is 410 g/mol. The van der Waals surface area contributed by atoms with Crippen molar-refractivity contribution in [1.82, 2.24) is 24.7 Å². The standard InChI is InChI=1S/C19H16F2N8O2/c1-28(19(30)31)15-16(22)25-18(26-17(15)23)13-11-5-10(20)6-12(21)14(11)29(27-13)8-9-3-2-4-24-7-9/h2-7H,8H2,1H3,(H,30,31)(H4,22,23,25,26). The number of nitrogens with two attached hydrogens (primary N) is 2. The van der Waals surface area contributed by atoms with Crippen LogP contribution in [0.15, 0.2) is 36.7 Å². The van der Waals surface area contributed by atoms with E-state index in [1.807, 2.05) is 0 Å². The van der Waals surface area contributed by atoms with E-state index in [9.17, 15) is 18.7 Å². The summed E-state index contributed by atoms with van der Waals surface area (Å²) in [5.74, 6) is -2.17. The summed E-state index contributed by atoms with van der Waals surface area (Å²) in [5.41, 5.74) is 12.5. The third kappa shape index (κ3) is 3.54. The van der Waals surface area contributed by atoms with Crippen LogP contribution in [0.25, 0.3) is 22.4 Å². The van der Waals surface area contributed by atoms with E-state index < -0.39 is 17.7 Å². The van der Waals surface area contributed by atoms with E-state index in [4.69, 9.17) is 11.5 Å². The summed E-state index contributed by atoms with van der Waals surface area (Å²) < 4.78 is 30.0. The highest BCUT2D eigenvalue weighted by Crippen LogP contribution is 2.33. The van der Waals surface area contributed by atoms with Crippen LogP contribution in [0.1, 0.15) is 5.56 Å². The molecule has 0 bridgehead atoms. The fourth-order valence-electron chi connectivity index (χ4n) is 3.21. The molecule has 0 atom stereocenters. The van der Waals surface area contributed by atoms with Crippen molar-refractivity contribution in [2.45, 2.75) is 6.54 Å². The molecule has 0 radical (unpaired) electrons. The molecule has 31 heavy (non-hydrogen) atoms. The van der Waals surface area contributed by atoms with Gasteiger partial charge in [-0.2, -0.15) is 5.10 Å². The van der Waals surface area contributed by atoms with Crippen molar-refractivity contribution in [3.63, 3.8) is 0 Å². The van der Waals surface area contributed by atoms with E-state index in [1.165, 1.54) is 11.7 Å². The van der Waals surface area contributed by atoms with E-state index in [0.29, 0.717) is 0 Å². The number of rotatable bonds is 4. The van der Waals surface area contributed by atoms with Crippen LogP contribution in [-0.2, 0) is 6.54 Å². The maximum absolute atomic E-state index is 14.7. The first-order valence-electron chi connectivity index (χ1n) is 8.90. The number of hydrogen-bond donors (Lipinski definition) is 3. The van der Waals surface area contributed by atoms with Crippen molar-refractivity contribution >= 4 is 34.3 Å². The molecule has 5 N–H and O–H groups in total. The number of anilines is 3. The van der Waals surface area contributed by atoms with E-state index >= 15 is 0 Å². The molecule has 0 spiro atoms. The number of halogens is 2. The van der Waals surface area contributed by atoms with Crippen LogP contribution in [0.4, 0.5) is 30.9 Å². The van der Waals surface area contributed by atoms with Gasteiger partial charge in [-0.1, -0.05) is 6.07 Å². The van der Waals surface area contributed by atoms with Gasteiger partial charge in [0.1, 0.15) is 22.7 Å². The number of aromatic nitrogens is 5. The van der Waals surface area contributed by atoms with Gasteiger partial charge in [-0.3, -0.25) is 14.6 Å². The number of carbonyl (C=O) groups is 1. The highest BCUT2D eigenvalue weighted by atomic mass is 19.1. The quantitative estimate of drug-likeness (QED) is 0.451. The molecule has 0 aliphatic heterocycles. The predicted octanol–water partition coefficient (Wildman–Crippen LogP) is 2.49. The molecule has 158 valence electrons. The number of nitrogens with zero attached hydrogens (tertiary/aromatic N) is 6. The topological polar surface area (TPSA) is 149 Å². The lowest BCUT2D eigenvalue weighted by Gasteiger charge is -2.16. The predicted molar refractivity (Wildman–Crippen MR) is 109 cm³/mol. The average Bonchev–Trinajstić information content (AvgIpc) is 3.06. The summed E-state index contributed by atoms with van der Waals surface area (Å²) in [4.78, 5) is 24.2. The van der Waals surface area contributed by atoms with Gasteiger partial charge in [-0.25, -0.2) is 23.5 Å². The first-order valence-corrected chi connectivity index (χ1v) is 8.90. The molecule has 0 saturated heterocycles. The average molecular weight is 426 g/mol. The summed E-state index contributed by atoms with van der Waals surface area (Å²) >= 11 is 0. The highest BCUT2D eigenvalue weighted by Gasteiger charge is 2.23. The monoisotopic (exact) mass is 426 g/mol. The minimum Gasteiger partial charge on any atom is -0.465 e. The largest absolute Gasteiger partial charge is 0.465 e. The van der Waals surface area contributed by atoms with Gasteiger partial charge in [-0.15, -0.1) is 0 Å². The smallest absolute Gasteiger partial charge is 0.411 e. The number of nitrogen functional groups attached to an aromatic ring is 2. The van der Waals surface area contributed by atoms with E-state index in [0.717, 1.165) is 22.6 Å². The summed E-state index contributed by atoms with van der Waals surface area (Å²) in [6.07, 6.45) is 1.88. The molecule has 0 fully saturated rings. The molecular formula is C19H16F2N8O2.